The van der Waals surface area contributed by atoms with E-state index in [0.717, 1.165) is 24.5 Å². The SMILES string of the molecule is CCc1nccc(CN(C)[C@H]2CCCc3ccccc32)n1. The van der Waals surface area contributed by atoms with E-state index < -0.39 is 0 Å². The van der Waals surface area contributed by atoms with Gasteiger partial charge >= 0.3 is 0 Å². The van der Waals surface area contributed by atoms with Crippen molar-refractivity contribution in [2.24, 2.45) is 0 Å². The van der Waals surface area contributed by atoms with Crippen LogP contribution in [0, 0.1) is 0 Å². The second-order valence-electron chi connectivity index (χ2n) is 5.84. The molecule has 0 spiro atoms. The summed E-state index contributed by atoms with van der Waals surface area (Å²) in [5.41, 5.74) is 4.13. The highest BCUT2D eigenvalue weighted by Gasteiger charge is 2.23. The molecule has 3 heteroatoms. The minimum absolute atomic E-state index is 0.509. The molecule has 1 aromatic carbocycles. The molecule has 0 saturated carbocycles. The summed E-state index contributed by atoms with van der Waals surface area (Å²) in [6, 6.07) is 11.4. The highest BCUT2D eigenvalue weighted by atomic mass is 15.1. The molecule has 0 unspecified atom stereocenters. The molecule has 0 aliphatic heterocycles. The smallest absolute Gasteiger partial charge is 0.128 e. The van der Waals surface area contributed by atoms with E-state index in [2.05, 4.69) is 53.1 Å². The van der Waals surface area contributed by atoms with Crippen molar-refractivity contribution in [1.82, 2.24) is 14.9 Å². The number of rotatable bonds is 4. The van der Waals surface area contributed by atoms with Crippen LogP contribution >= 0.6 is 0 Å². The second kappa shape index (κ2) is 6.35. The molecule has 0 fully saturated rings. The summed E-state index contributed by atoms with van der Waals surface area (Å²) in [6.45, 7) is 2.98. The second-order valence-corrected chi connectivity index (χ2v) is 5.84. The van der Waals surface area contributed by atoms with Crippen LogP contribution in [0.1, 0.15) is 48.5 Å². The first-order valence-electron chi connectivity index (χ1n) is 7.86. The third kappa shape index (κ3) is 3.13. The molecule has 21 heavy (non-hydrogen) atoms. The number of fused-ring (bicyclic) bond motifs is 1. The van der Waals surface area contributed by atoms with Crippen LogP contribution in [0.25, 0.3) is 0 Å². The van der Waals surface area contributed by atoms with Crippen molar-refractivity contribution in [2.45, 2.75) is 45.2 Å². The van der Waals surface area contributed by atoms with Gasteiger partial charge in [-0.25, -0.2) is 9.97 Å². The molecule has 1 atom stereocenters. The van der Waals surface area contributed by atoms with E-state index in [1.165, 1.54) is 30.4 Å². The molecular weight excluding hydrogens is 258 g/mol. The fourth-order valence-corrected chi connectivity index (χ4v) is 3.25. The zero-order valence-corrected chi connectivity index (χ0v) is 12.9. The summed E-state index contributed by atoms with van der Waals surface area (Å²) in [6.07, 6.45) is 6.50. The average Bonchev–Trinajstić information content (AvgIpc) is 2.54. The van der Waals surface area contributed by atoms with Gasteiger partial charge in [0.25, 0.3) is 0 Å². The predicted molar refractivity (Wildman–Crippen MR) is 85.0 cm³/mol. The van der Waals surface area contributed by atoms with Crippen molar-refractivity contribution >= 4 is 0 Å². The quantitative estimate of drug-likeness (QED) is 0.858. The van der Waals surface area contributed by atoms with E-state index in [1.807, 2.05) is 12.3 Å². The summed E-state index contributed by atoms with van der Waals surface area (Å²) in [5.74, 6) is 0.935. The van der Waals surface area contributed by atoms with E-state index in [9.17, 15) is 0 Å². The van der Waals surface area contributed by atoms with Gasteiger partial charge < -0.3 is 0 Å². The minimum atomic E-state index is 0.509. The van der Waals surface area contributed by atoms with Crippen molar-refractivity contribution in [3.63, 3.8) is 0 Å². The van der Waals surface area contributed by atoms with Gasteiger partial charge in [-0.2, -0.15) is 0 Å². The van der Waals surface area contributed by atoms with Gasteiger partial charge in [0.15, 0.2) is 0 Å². The molecular formula is C18H23N3. The molecule has 3 rings (SSSR count). The van der Waals surface area contributed by atoms with E-state index in [0.29, 0.717) is 6.04 Å². The first kappa shape index (κ1) is 14.2. The molecule has 0 radical (unpaired) electrons. The molecule has 110 valence electrons. The Labute approximate surface area is 127 Å². The third-order valence-corrected chi connectivity index (χ3v) is 4.36. The van der Waals surface area contributed by atoms with Gasteiger partial charge in [-0.05, 0) is 43.5 Å². The van der Waals surface area contributed by atoms with Gasteiger partial charge in [-0.3, -0.25) is 4.90 Å². The van der Waals surface area contributed by atoms with Crippen molar-refractivity contribution < 1.29 is 0 Å². The lowest BCUT2D eigenvalue weighted by Crippen LogP contribution is -2.28. The Morgan fingerprint density at radius 3 is 2.95 bits per heavy atom. The van der Waals surface area contributed by atoms with Gasteiger partial charge in [0.05, 0.1) is 5.69 Å². The lowest BCUT2D eigenvalue weighted by Gasteiger charge is -2.33. The van der Waals surface area contributed by atoms with Crippen LogP contribution in [-0.4, -0.2) is 21.9 Å². The number of hydrogen-bond acceptors (Lipinski definition) is 3. The molecule has 1 aromatic heterocycles. The number of aromatic nitrogens is 2. The number of nitrogens with zero attached hydrogens (tertiary/aromatic N) is 3. The molecule has 0 amide bonds. The monoisotopic (exact) mass is 281 g/mol. The predicted octanol–water partition coefficient (Wildman–Crippen LogP) is 3.55. The van der Waals surface area contributed by atoms with Crippen LogP contribution in [0.2, 0.25) is 0 Å². The van der Waals surface area contributed by atoms with Gasteiger partial charge in [-0.15, -0.1) is 0 Å². The summed E-state index contributed by atoms with van der Waals surface area (Å²) >= 11 is 0. The van der Waals surface area contributed by atoms with Crippen molar-refractivity contribution in [1.29, 1.82) is 0 Å². The average molecular weight is 281 g/mol. The molecule has 0 saturated heterocycles. The zero-order chi connectivity index (χ0) is 14.7. The van der Waals surface area contributed by atoms with Crippen LogP contribution in [0.5, 0.6) is 0 Å². The maximum atomic E-state index is 4.63. The van der Waals surface area contributed by atoms with Crippen LogP contribution in [0.4, 0.5) is 0 Å². The van der Waals surface area contributed by atoms with E-state index >= 15 is 0 Å². The fraction of sp³-hybridized carbons (Fsp3) is 0.444. The van der Waals surface area contributed by atoms with Crippen LogP contribution in [0.15, 0.2) is 36.5 Å². The number of benzene rings is 1. The number of aryl methyl sites for hydroxylation is 2. The standard InChI is InChI=1S/C18H23N3/c1-3-18-19-12-11-15(20-18)13-21(2)17-10-6-8-14-7-4-5-9-16(14)17/h4-5,7,9,11-12,17H,3,6,8,10,13H2,1-2H3/t17-/m0/s1. The van der Waals surface area contributed by atoms with E-state index in [1.54, 1.807) is 0 Å². The van der Waals surface area contributed by atoms with Gasteiger partial charge in [-0.1, -0.05) is 31.2 Å². The Bertz CT molecular complexity index is 609. The lowest BCUT2D eigenvalue weighted by atomic mass is 9.87. The van der Waals surface area contributed by atoms with Gasteiger partial charge in [0.2, 0.25) is 0 Å². The first-order chi connectivity index (χ1) is 10.3. The maximum Gasteiger partial charge on any atom is 0.128 e. The molecule has 1 heterocycles. The minimum Gasteiger partial charge on any atom is -0.294 e. The summed E-state index contributed by atoms with van der Waals surface area (Å²) in [4.78, 5) is 11.3. The lowest BCUT2D eigenvalue weighted by molar-refractivity contribution is 0.211. The third-order valence-electron chi connectivity index (χ3n) is 4.36. The summed E-state index contributed by atoms with van der Waals surface area (Å²) in [5, 5.41) is 0. The normalized spacial score (nSPS) is 17.8. The van der Waals surface area contributed by atoms with Crippen LogP contribution < -0.4 is 0 Å². The topological polar surface area (TPSA) is 29.0 Å². The van der Waals surface area contributed by atoms with E-state index in [4.69, 9.17) is 0 Å². The van der Waals surface area contributed by atoms with Crippen molar-refractivity contribution in [3.05, 3.63) is 59.2 Å². The molecule has 1 aliphatic carbocycles. The molecule has 0 N–H and O–H groups in total. The van der Waals surface area contributed by atoms with Gasteiger partial charge in [0, 0.05) is 25.2 Å². The van der Waals surface area contributed by atoms with Crippen molar-refractivity contribution in [2.75, 3.05) is 7.05 Å². The molecule has 0 bridgehead atoms. The van der Waals surface area contributed by atoms with E-state index in [-0.39, 0.29) is 0 Å². The maximum absolute atomic E-state index is 4.63. The number of hydrogen-bond donors (Lipinski definition) is 0. The highest BCUT2D eigenvalue weighted by Crippen LogP contribution is 2.33. The summed E-state index contributed by atoms with van der Waals surface area (Å²) in [7, 11) is 2.21. The fourth-order valence-electron chi connectivity index (χ4n) is 3.25. The summed E-state index contributed by atoms with van der Waals surface area (Å²) < 4.78 is 0. The Balaban J connectivity index is 1.78. The van der Waals surface area contributed by atoms with Gasteiger partial charge in [0.1, 0.15) is 5.82 Å². The Morgan fingerprint density at radius 1 is 1.24 bits per heavy atom. The largest absolute Gasteiger partial charge is 0.294 e. The van der Waals surface area contributed by atoms with Crippen molar-refractivity contribution in [3.8, 4) is 0 Å². The van der Waals surface area contributed by atoms with Crippen LogP contribution in [-0.2, 0) is 19.4 Å². The Hall–Kier alpha value is -1.74. The highest BCUT2D eigenvalue weighted by molar-refractivity contribution is 5.32. The zero-order valence-electron chi connectivity index (χ0n) is 12.9. The molecule has 2 aromatic rings. The Morgan fingerprint density at radius 2 is 2.10 bits per heavy atom. The van der Waals surface area contributed by atoms with Crippen LogP contribution in [0.3, 0.4) is 0 Å². The molecule has 3 nitrogen and oxygen atoms in total. The molecule has 1 aliphatic rings. The first-order valence-corrected chi connectivity index (χ1v) is 7.86. The Kier molecular flexibility index (Phi) is 4.30.